The number of sulfone groups is 1. The minimum atomic E-state index is -2.94. The van der Waals surface area contributed by atoms with Gasteiger partial charge in [-0.1, -0.05) is 6.92 Å². The van der Waals surface area contributed by atoms with Gasteiger partial charge in [0, 0.05) is 29.6 Å². The van der Waals surface area contributed by atoms with Crippen LogP contribution in [0.3, 0.4) is 0 Å². The zero-order chi connectivity index (χ0) is 14.3. The predicted octanol–water partition coefficient (Wildman–Crippen LogP) is 1.64. The average Bonchev–Trinajstić information content (AvgIpc) is 2.80. The zero-order valence-corrected chi connectivity index (χ0v) is 15.9. The molecule has 0 radical (unpaired) electrons. The molecule has 0 fully saturated rings. The van der Waals surface area contributed by atoms with Gasteiger partial charge < -0.3 is 10.6 Å². The Morgan fingerprint density at radius 2 is 1.95 bits per heavy atom. The third-order valence-electron chi connectivity index (χ3n) is 2.48. The van der Waals surface area contributed by atoms with Crippen LogP contribution in [-0.2, 0) is 22.8 Å². The molecule has 1 heterocycles. The van der Waals surface area contributed by atoms with Gasteiger partial charge in [-0.15, -0.1) is 35.3 Å². The molecule has 0 atom stereocenters. The molecule has 0 amide bonds. The molecule has 5 nitrogen and oxygen atoms in total. The Bertz CT molecular complexity index is 527. The van der Waals surface area contributed by atoms with Gasteiger partial charge in [0.2, 0.25) is 0 Å². The fraction of sp³-hybridized carbons (Fsp3) is 0.583. The maximum absolute atomic E-state index is 11.0. The van der Waals surface area contributed by atoms with Crippen molar-refractivity contribution in [2.45, 2.75) is 19.9 Å². The SMILES string of the molecule is CCc1ccc(CNC(=NC)NCCS(C)(=O)=O)s1.I. The van der Waals surface area contributed by atoms with Crippen molar-refractivity contribution < 1.29 is 8.42 Å². The number of rotatable bonds is 6. The van der Waals surface area contributed by atoms with Gasteiger partial charge in [-0.3, -0.25) is 4.99 Å². The monoisotopic (exact) mass is 431 g/mol. The van der Waals surface area contributed by atoms with Gasteiger partial charge in [0.15, 0.2) is 5.96 Å². The van der Waals surface area contributed by atoms with E-state index in [-0.39, 0.29) is 29.7 Å². The molecular formula is C12H22IN3O2S2. The molecule has 0 aliphatic heterocycles. The number of halogens is 1. The van der Waals surface area contributed by atoms with E-state index in [1.54, 1.807) is 18.4 Å². The van der Waals surface area contributed by atoms with Gasteiger partial charge in [0.25, 0.3) is 0 Å². The van der Waals surface area contributed by atoms with Gasteiger partial charge in [-0.2, -0.15) is 0 Å². The van der Waals surface area contributed by atoms with Crippen LogP contribution in [0.25, 0.3) is 0 Å². The van der Waals surface area contributed by atoms with Crippen LogP contribution in [0.4, 0.5) is 0 Å². The molecule has 116 valence electrons. The lowest BCUT2D eigenvalue weighted by atomic mass is 10.4. The third-order valence-corrected chi connectivity index (χ3v) is 4.66. The highest BCUT2D eigenvalue weighted by Gasteiger charge is 2.04. The van der Waals surface area contributed by atoms with Crippen molar-refractivity contribution in [1.29, 1.82) is 0 Å². The number of guanidine groups is 1. The second-order valence-corrected chi connectivity index (χ2v) is 7.72. The molecule has 8 heteroatoms. The highest BCUT2D eigenvalue weighted by molar-refractivity contribution is 14.0. The molecule has 1 rings (SSSR count). The van der Waals surface area contributed by atoms with E-state index >= 15 is 0 Å². The quantitative estimate of drug-likeness (QED) is 0.408. The number of thiophene rings is 1. The van der Waals surface area contributed by atoms with Crippen LogP contribution in [0, 0.1) is 0 Å². The standard InChI is InChI=1S/C12H21N3O2S2.HI/c1-4-10-5-6-11(18-10)9-15-12(13-2)14-7-8-19(3,16)17;/h5-6H,4,7-9H2,1-3H3,(H2,13,14,15);1H. The maximum Gasteiger partial charge on any atom is 0.191 e. The molecule has 0 bridgehead atoms. The van der Waals surface area contributed by atoms with Gasteiger partial charge in [0.05, 0.1) is 12.3 Å². The van der Waals surface area contributed by atoms with E-state index in [1.165, 1.54) is 16.0 Å². The number of aryl methyl sites for hydroxylation is 1. The van der Waals surface area contributed by atoms with Crippen LogP contribution in [0.15, 0.2) is 17.1 Å². The minimum Gasteiger partial charge on any atom is -0.355 e. The van der Waals surface area contributed by atoms with Crippen LogP contribution in [-0.4, -0.2) is 40.0 Å². The molecule has 0 aromatic carbocycles. The summed E-state index contributed by atoms with van der Waals surface area (Å²) in [6.45, 7) is 3.20. The topological polar surface area (TPSA) is 70.6 Å². The van der Waals surface area contributed by atoms with Crippen molar-refractivity contribution in [2.24, 2.45) is 4.99 Å². The van der Waals surface area contributed by atoms with Gasteiger partial charge in [-0.05, 0) is 18.6 Å². The van der Waals surface area contributed by atoms with Crippen molar-refractivity contribution in [3.05, 3.63) is 21.9 Å². The molecule has 0 unspecified atom stereocenters. The summed E-state index contributed by atoms with van der Waals surface area (Å²) in [6, 6.07) is 4.22. The summed E-state index contributed by atoms with van der Waals surface area (Å²) in [5, 5.41) is 6.15. The van der Waals surface area contributed by atoms with Crippen LogP contribution >= 0.6 is 35.3 Å². The highest BCUT2D eigenvalue weighted by atomic mass is 127. The van der Waals surface area contributed by atoms with E-state index in [9.17, 15) is 8.42 Å². The average molecular weight is 431 g/mol. The van der Waals surface area contributed by atoms with E-state index < -0.39 is 9.84 Å². The van der Waals surface area contributed by atoms with E-state index in [2.05, 4.69) is 34.7 Å². The number of nitrogens with one attached hydrogen (secondary N) is 2. The molecule has 1 aromatic rings. The van der Waals surface area contributed by atoms with Crippen LogP contribution < -0.4 is 10.6 Å². The van der Waals surface area contributed by atoms with Crippen molar-refractivity contribution in [3.63, 3.8) is 0 Å². The van der Waals surface area contributed by atoms with Crippen molar-refractivity contribution in [1.82, 2.24) is 10.6 Å². The predicted molar refractivity (Wildman–Crippen MR) is 97.0 cm³/mol. The zero-order valence-electron chi connectivity index (χ0n) is 12.0. The summed E-state index contributed by atoms with van der Waals surface area (Å²) in [4.78, 5) is 6.65. The molecule has 0 saturated heterocycles. The largest absolute Gasteiger partial charge is 0.355 e. The second-order valence-electron chi connectivity index (χ2n) is 4.20. The summed E-state index contributed by atoms with van der Waals surface area (Å²) in [5.74, 6) is 0.724. The number of nitrogens with zero attached hydrogens (tertiary/aromatic N) is 1. The van der Waals surface area contributed by atoms with Crippen LogP contribution in [0.5, 0.6) is 0 Å². The summed E-state index contributed by atoms with van der Waals surface area (Å²) in [6.07, 6.45) is 2.27. The van der Waals surface area contributed by atoms with E-state index in [0.717, 1.165) is 6.42 Å². The molecular weight excluding hydrogens is 409 g/mol. The summed E-state index contributed by atoms with van der Waals surface area (Å²) >= 11 is 1.77. The second kappa shape index (κ2) is 9.56. The van der Waals surface area contributed by atoms with Crippen LogP contribution in [0.1, 0.15) is 16.7 Å². The van der Waals surface area contributed by atoms with Gasteiger partial charge >= 0.3 is 0 Å². The molecule has 0 saturated carbocycles. The fourth-order valence-corrected chi connectivity index (χ4v) is 2.82. The lowest BCUT2D eigenvalue weighted by Crippen LogP contribution is -2.38. The molecule has 2 N–H and O–H groups in total. The first-order valence-electron chi connectivity index (χ1n) is 6.14. The molecule has 20 heavy (non-hydrogen) atoms. The molecule has 0 aliphatic rings. The van der Waals surface area contributed by atoms with Crippen LogP contribution in [0.2, 0.25) is 0 Å². The Balaban J connectivity index is 0.00000361. The van der Waals surface area contributed by atoms with Gasteiger partial charge in [-0.25, -0.2) is 8.42 Å². The Morgan fingerprint density at radius 3 is 2.45 bits per heavy atom. The van der Waals surface area contributed by atoms with Crippen molar-refractivity contribution in [3.8, 4) is 0 Å². The van der Waals surface area contributed by atoms with Gasteiger partial charge in [0.1, 0.15) is 9.84 Å². The first kappa shape index (κ1) is 19.7. The Morgan fingerprint density at radius 1 is 1.30 bits per heavy atom. The normalized spacial score (nSPS) is 11.8. The Hall–Kier alpha value is -0.350. The Kier molecular flexibility index (Phi) is 9.39. The maximum atomic E-state index is 11.0. The summed E-state index contributed by atoms with van der Waals surface area (Å²) < 4.78 is 22.0. The van der Waals surface area contributed by atoms with Crippen molar-refractivity contribution >= 4 is 51.1 Å². The highest BCUT2D eigenvalue weighted by Crippen LogP contribution is 2.16. The van der Waals surface area contributed by atoms with E-state index in [4.69, 9.17) is 0 Å². The molecule has 0 aliphatic carbocycles. The number of hydrogen-bond acceptors (Lipinski definition) is 4. The third kappa shape index (κ3) is 8.05. The number of hydrogen-bond donors (Lipinski definition) is 2. The summed E-state index contributed by atoms with van der Waals surface area (Å²) in [7, 11) is -1.27. The summed E-state index contributed by atoms with van der Waals surface area (Å²) in [5.41, 5.74) is 0. The Labute approximate surface area is 142 Å². The lowest BCUT2D eigenvalue weighted by molar-refractivity contribution is 0.600. The number of aliphatic imine (C=N–C) groups is 1. The minimum absolute atomic E-state index is 0. The van der Waals surface area contributed by atoms with Crippen molar-refractivity contribution in [2.75, 3.05) is 25.6 Å². The first-order valence-corrected chi connectivity index (χ1v) is 9.02. The lowest BCUT2D eigenvalue weighted by Gasteiger charge is -2.10. The molecule has 0 spiro atoms. The van der Waals surface area contributed by atoms with E-state index in [1.807, 2.05) is 0 Å². The smallest absolute Gasteiger partial charge is 0.191 e. The fourth-order valence-electron chi connectivity index (χ4n) is 1.45. The first-order chi connectivity index (χ1) is 8.94. The van der Waals surface area contributed by atoms with E-state index in [0.29, 0.717) is 19.0 Å². The molecule has 1 aromatic heterocycles.